The summed E-state index contributed by atoms with van der Waals surface area (Å²) < 4.78 is 10.1. The van der Waals surface area contributed by atoms with Crippen LogP contribution in [-0.2, 0) is 14.3 Å². The van der Waals surface area contributed by atoms with Gasteiger partial charge in [-0.3, -0.25) is 9.59 Å². The number of amides is 1. The van der Waals surface area contributed by atoms with Gasteiger partial charge in [0.25, 0.3) is 5.91 Å². The van der Waals surface area contributed by atoms with Crippen molar-refractivity contribution < 1.29 is 23.9 Å². The molecule has 1 amide bonds. The fraction of sp³-hybridized carbons (Fsp3) is 0.400. The molecule has 0 fully saturated rings. The van der Waals surface area contributed by atoms with Crippen LogP contribution >= 0.6 is 0 Å². The number of esters is 2. The molecule has 0 spiro atoms. The maximum absolute atomic E-state index is 12.1. The Balaban J connectivity index is 2.96. The van der Waals surface area contributed by atoms with Crippen molar-refractivity contribution in [1.82, 2.24) is 4.90 Å². The molecule has 1 aromatic rings. The van der Waals surface area contributed by atoms with Crippen molar-refractivity contribution in [2.75, 3.05) is 14.1 Å². The van der Waals surface area contributed by atoms with Crippen LogP contribution in [0.25, 0.3) is 0 Å². The van der Waals surface area contributed by atoms with Crippen LogP contribution in [-0.4, -0.2) is 42.9 Å². The van der Waals surface area contributed by atoms with Gasteiger partial charge in [-0.25, -0.2) is 4.79 Å². The third-order valence-corrected chi connectivity index (χ3v) is 2.68. The van der Waals surface area contributed by atoms with Gasteiger partial charge in [-0.05, 0) is 31.5 Å². The molecule has 114 valence electrons. The van der Waals surface area contributed by atoms with Gasteiger partial charge in [0.1, 0.15) is 11.3 Å². The first kappa shape index (κ1) is 16.7. The molecule has 0 saturated heterocycles. The monoisotopic (exact) mass is 293 g/mol. The van der Waals surface area contributed by atoms with Gasteiger partial charge in [-0.1, -0.05) is 6.07 Å². The molecule has 1 unspecified atom stereocenters. The summed E-state index contributed by atoms with van der Waals surface area (Å²) >= 11 is 0. The van der Waals surface area contributed by atoms with Crippen LogP contribution in [0.4, 0.5) is 0 Å². The van der Waals surface area contributed by atoms with Gasteiger partial charge in [0.15, 0.2) is 6.10 Å². The van der Waals surface area contributed by atoms with Gasteiger partial charge in [-0.15, -0.1) is 0 Å². The Morgan fingerprint density at radius 1 is 1.19 bits per heavy atom. The van der Waals surface area contributed by atoms with Gasteiger partial charge in [0, 0.05) is 21.0 Å². The number of nitrogens with zero attached hydrogens (tertiary/aromatic N) is 1. The second-order valence-electron chi connectivity index (χ2n) is 4.87. The molecule has 21 heavy (non-hydrogen) atoms. The van der Waals surface area contributed by atoms with Crippen LogP contribution in [0.1, 0.15) is 29.8 Å². The average Bonchev–Trinajstić information content (AvgIpc) is 2.36. The third-order valence-electron chi connectivity index (χ3n) is 2.68. The molecular weight excluding hydrogens is 274 g/mol. The Bertz CT molecular complexity index is 565. The number of hydrogen-bond donors (Lipinski definition) is 0. The van der Waals surface area contributed by atoms with E-state index >= 15 is 0 Å². The Morgan fingerprint density at radius 2 is 1.81 bits per heavy atom. The fourth-order valence-electron chi connectivity index (χ4n) is 1.68. The Morgan fingerprint density at radius 3 is 2.33 bits per heavy atom. The van der Waals surface area contributed by atoms with E-state index in [-0.39, 0.29) is 17.2 Å². The highest BCUT2D eigenvalue weighted by Crippen LogP contribution is 2.22. The summed E-state index contributed by atoms with van der Waals surface area (Å²) in [6.07, 6.45) is -0.918. The maximum atomic E-state index is 12.1. The number of carbonyl (C=O) groups excluding carboxylic acids is 3. The molecule has 0 heterocycles. The van der Waals surface area contributed by atoms with Gasteiger partial charge < -0.3 is 14.4 Å². The quantitative estimate of drug-likeness (QED) is 0.622. The molecule has 6 nitrogen and oxygen atoms in total. The second kappa shape index (κ2) is 6.88. The normalized spacial score (nSPS) is 11.5. The predicted molar refractivity (Wildman–Crippen MR) is 76.1 cm³/mol. The fourth-order valence-corrected chi connectivity index (χ4v) is 1.68. The van der Waals surface area contributed by atoms with Crippen LogP contribution in [0.5, 0.6) is 5.75 Å². The van der Waals surface area contributed by atoms with Crippen LogP contribution in [0.3, 0.4) is 0 Å². The van der Waals surface area contributed by atoms with E-state index in [0.29, 0.717) is 0 Å². The summed E-state index contributed by atoms with van der Waals surface area (Å²) in [5.74, 6) is -1.46. The van der Waals surface area contributed by atoms with E-state index in [9.17, 15) is 14.4 Å². The number of benzene rings is 1. The van der Waals surface area contributed by atoms with Gasteiger partial charge in [-0.2, -0.15) is 0 Å². The van der Waals surface area contributed by atoms with Crippen LogP contribution in [0.2, 0.25) is 0 Å². The van der Waals surface area contributed by atoms with E-state index < -0.39 is 18.0 Å². The number of hydrogen-bond acceptors (Lipinski definition) is 5. The molecule has 0 bridgehead atoms. The zero-order chi connectivity index (χ0) is 16.2. The lowest BCUT2D eigenvalue weighted by Crippen LogP contribution is -2.35. The summed E-state index contributed by atoms with van der Waals surface area (Å²) in [6, 6.07) is 4.77. The Hall–Kier alpha value is -2.37. The summed E-state index contributed by atoms with van der Waals surface area (Å²) in [7, 11) is 3.14. The van der Waals surface area contributed by atoms with Gasteiger partial charge >= 0.3 is 11.9 Å². The van der Waals surface area contributed by atoms with E-state index in [4.69, 9.17) is 9.47 Å². The molecule has 1 aromatic carbocycles. The van der Waals surface area contributed by atoms with Crippen LogP contribution in [0.15, 0.2) is 18.2 Å². The molecule has 0 aliphatic heterocycles. The topological polar surface area (TPSA) is 72.9 Å². The van der Waals surface area contributed by atoms with Crippen LogP contribution < -0.4 is 4.74 Å². The predicted octanol–water partition coefficient (Wildman–Crippen LogP) is 1.55. The molecule has 0 N–H and O–H groups in total. The second-order valence-corrected chi connectivity index (χ2v) is 4.87. The number of carbonyl (C=O) groups is 3. The summed E-state index contributed by atoms with van der Waals surface area (Å²) in [4.78, 5) is 36.2. The van der Waals surface area contributed by atoms with Crippen molar-refractivity contribution in [1.29, 1.82) is 0 Å². The number of ether oxygens (including phenoxy) is 2. The molecule has 0 radical (unpaired) electrons. The van der Waals surface area contributed by atoms with Gasteiger partial charge in [0.05, 0.1) is 0 Å². The number of likely N-dealkylation sites (N-methyl/N-ethyl adjacent to an activating group) is 1. The molecule has 0 aliphatic rings. The number of rotatable bonds is 4. The van der Waals surface area contributed by atoms with Crippen molar-refractivity contribution in [3.8, 4) is 5.75 Å². The van der Waals surface area contributed by atoms with Gasteiger partial charge in [0.2, 0.25) is 0 Å². The summed E-state index contributed by atoms with van der Waals surface area (Å²) in [6.45, 7) is 4.54. The minimum absolute atomic E-state index is 0.106. The molecule has 0 aliphatic carbocycles. The lowest BCUT2D eigenvalue weighted by Gasteiger charge is -2.18. The largest absolute Gasteiger partial charge is 0.449 e. The minimum atomic E-state index is -0.918. The highest BCUT2D eigenvalue weighted by atomic mass is 16.6. The van der Waals surface area contributed by atoms with Crippen LogP contribution in [0, 0.1) is 6.92 Å². The van der Waals surface area contributed by atoms with E-state index in [1.807, 2.05) is 0 Å². The lowest BCUT2D eigenvalue weighted by atomic mass is 10.1. The smallest absolute Gasteiger partial charge is 0.342 e. The minimum Gasteiger partial charge on any atom is -0.449 e. The van der Waals surface area contributed by atoms with Crippen molar-refractivity contribution in [2.24, 2.45) is 0 Å². The molecule has 0 aromatic heterocycles. The van der Waals surface area contributed by atoms with E-state index in [0.717, 1.165) is 5.56 Å². The van der Waals surface area contributed by atoms with Crippen molar-refractivity contribution in [3.05, 3.63) is 29.3 Å². The molecule has 6 heteroatoms. The Labute approximate surface area is 123 Å². The Kier molecular flexibility index (Phi) is 5.46. The third kappa shape index (κ3) is 4.59. The zero-order valence-electron chi connectivity index (χ0n) is 12.8. The van der Waals surface area contributed by atoms with E-state index in [1.54, 1.807) is 33.2 Å². The molecule has 1 atom stereocenters. The van der Waals surface area contributed by atoms with Crippen molar-refractivity contribution >= 4 is 17.8 Å². The first-order valence-electron chi connectivity index (χ1n) is 6.43. The lowest BCUT2D eigenvalue weighted by molar-refractivity contribution is -0.137. The highest BCUT2D eigenvalue weighted by molar-refractivity contribution is 5.95. The maximum Gasteiger partial charge on any atom is 0.342 e. The van der Waals surface area contributed by atoms with Crippen molar-refractivity contribution in [3.63, 3.8) is 0 Å². The molecule has 0 saturated carbocycles. The molecule has 1 rings (SSSR count). The summed E-state index contributed by atoms with van der Waals surface area (Å²) in [5.41, 5.74) is 0.939. The highest BCUT2D eigenvalue weighted by Gasteiger charge is 2.23. The number of aryl methyl sites for hydroxylation is 1. The van der Waals surface area contributed by atoms with E-state index in [1.165, 1.54) is 24.8 Å². The summed E-state index contributed by atoms with van der Waals surface area (Å²) in [5, 5.41) is 0. The first-order chi connectivity index (χ1) is 9.72. The first-order valence-corrected chi connectivity index (χ1v) is 6.43. The average molecular weight is 293 g/mol. The zero-order valence-corrected chi connectivity index (χ0v) is 12.8. The molecular formula is C15H19NO5. The standard InChI is InChI=1S/C15H19NO5/c1-9-6-7-12(13(8-9)21-11(3)17)15(19)20-10(2)14(18)16(4)5/h6-8,10H,1-5H3. The van der Waals surface area contributed by atoms with Crippen molar-refractivity contribution in [2.45, 2.75) is 26.9 Å². The SMILES string of the molecule is CC(=O)Oc1cc(C)ccc1C(=O)OC(C)C(=O)N(C)C. The van der Waals surface area contributed by atoms with E-state index in [2.05, 4.69) is 0 Å².